The summed E-state index contributed by atoms with van der Waals surface area (Å²) >= 11 is 0. The zero-order valence-corrected chi connectivity index (χ0v) is 24.7. The van der Waals surface area contributed by atoms with Gasteiger partial charge in [0.25, 0.3) is 0 Å². The smallest absolute Gasteiger partial charge is 0.243 e. The Hall–Kier alpha value is -5.11. The van der Waals surface area contributed by atoms with Crippen molar-refractivity contribution in [3.8, 4) is 0 Å². The average molecular weight is 606 g/mol. The van der Waals surface area contributed by atoms with Crippen LogP contribution in [0.2, 0.25) is 0 Å². The Kier molecular flexibility index (Phi) is 13.0. The van der Waals surface area contributed by atoms with Crippen LogP contribution in [0.3, 0.4) is 0 Å². The summed E-state index contributed by atoms with van der Waals surface area (Å²) in [6, 6.07) is 14.2. The molecular weight excluding hydrogens is 562 g/mol. The summed E-state index contributed by atoms with van der Waals surface area (Å²) in [7, 11) is 0. The van der Waals surface area contributed by atoms with Crippen LogP contribution >= 0.6 is 0 Å². The first-order chi connectivity index (χ1) is 21.1. The number of aromatic amines is 1. The summed E-state index contributed by atoms with van der Waals surface area (Å²) in [5, 5.41) is 9.42. The van der Waals surface area contributed by atoms with Gasteiger partial charge in [-0.1, -0.05) is 48.5 Å². The first-order valence-corrected chi connectivity index (χ1v) is 14.5. The zero-order chi connectivity index (χ0) is 31.9. The Morgan fingerprint density at radius 1 is 0.750 bits per heavy atom. The number of hydrogen-bond donors (Lipinski definition) is 9. The molecule has 0 saturated heterocycles. The highest BCUT2D eigenvalue weighted by atomic mass is 16.2. The number of nitrogens with zero attached hydrogens (tertiary/aromatic N) is 2. The lowest BCUT2D eigenvalue weighted by molar-refractivity contribution is -0.132. The van der Waals surface area contributed by atoms with Crippen LogP contribution in [-0.2, 0) is 27.3 Å². The molecule has 14 N–H and O–H groups in total. The number of nitrogens with one attached hydrogen (secondary N) is 4. The minimum Gasteiger partial charge on any atom is -0.370 e. The number of amides is 3. The topological polar surface area (TPSA) is 258 Å². The fourth-order valence-corrected chi connectivity index (χ4v) is 4.61. The van der Waals surface area contributed by atoms with Gasteiger partial charge in [0, 0.05) is 43.2 Å². The highest BCUT2D eigenvalue weighted by Gasteiger charge is 2.29. The van der Waals surface area contributed by atoms with Crippen LogP contribution in [0.25, 0.3) is 10.9 Å². The van der Waals surface area contributed by atoms with Crippen LogP contribution in [0.4, 0.5) is 0 Å². The first-order valence-electron chi connectivity index (χ1n) is 14.5. The van der Waals surface area contributed by atoms with Gasteiger partial charge >= 0.3 is 0 Å². The summed E-state index contributed by atoms with van der Waals surface area (Å²) in [6.45, 7) is 0.886. The van der Waals surface area contributed by atoms with Crippen LogP contribution < -0.4 is 44.6 Å². The highest BCUT2D eigenvalue weighted by Crippen LogP contribution is 2.19. The molecule has 0 saturated carbocycles. The molecule has 0 radical (unpaired) electrons. The minimum absolute atomic E-state index is 0.0425. The van der Waals surface area contributed by atoms with Crippen molar-refractivity contribution < 1.29 is 14.4 Å². The van der Waals surface area contributed by atoms with Crippen molar-refractivity contribution in [1.82, 2.24) is 20.9 Å². The molecule has 0 aliphatic carbocycles. The first kappa shape index (κ1) is 33.4. The van der Waals surface area contributed by atoms with Gasteiger partial charge in [-0.25, -0.2) is 0 Å². The number of rotatable bonds is 17. The van der Waals surface area contributed by atoms with Gasteiger partial charge in [-0.3, -0.25) is 24.4 Å². The van der Waals surface area contributed by atoms with E-state index in [1.165, 1.54) is 0 Å². The maximum atomic E-state index is 13.8. The molecule has 44 heavy (non-hydrogen) atoms. The minimum atomic E-state index is -1.02. The van der Waals surface area contributed by atoms with Crippen LogP contribution in [0.15, 0.2) is 70.8 Å². The van der Waals surface area contributed by atoms with Gasteiger partial charge in [-0.2, -0.15) is 0 Å². The van der Waals surface area contributed by atoms with E-state index in [1.54, 1.807) is 6.20 Å². The van der Waals surface area contributed by atoms with E-state index >= 15 is 0 Å². The summed E-state index contributed by atoms with van der Waals surface area (Å²) in [6.07, 6.45) is 3.44. The van der Waals surface area contributed by atoms with Gasteiger partial charge in [0.15, 0.2) is 11.9 Å². The third-order valence-electron chi connectivity index (χ3n) is 6.92. The number of H-pyrrole nitrogens is 1. The number of aliphatic imine (C=N–C) groups is 2. The summed E-state index contributed by atoms with van der Waals surface area (Å²) in [5.74, 6) is -1.51. The molecule has 3 aromatic rings. The number of aromatic nitrogens is 1. The number of hydrogen-bond acceptors (Lipinski definition) is 6. The molecule has 236 valence electrons. The molecule has 3 atom stereocenters. The number of carbonyl (C=O) groups is 3. The van der Waals surface area contributed by atoms with Gasteiger partial charge in [-0.05, 0) is 42.9 Å². The quantitative estimate of drug-likeness (QED) is 0.0545. The van der Waals surface area contributed by atoms with Crippen LogP contribution in [0.5, 0.6) is 0 Å². The number of nitrogens with two attached hydrogens (primary N) is 5. The Morgan fingerprint density at radius 2 is 1.36 bits per heavy atom. The molecule has 0 aliphatic heterocycles. The second kappa shape index (κ2) is 17.1. The van der Waals surface area contributed by atoms with E-state index in [1.807, 2.05) is 54.6 Å². The van der Waals surface area contributed by atoms with Crippen molar-refractivity contribution in [3.63, 3.8) is 0 Å². The van der Waals surface area contributed by atoms with Crippen LogP contribution in [-0.4, -0.2) is 65.8 Å². The SMILES string of the molecule is NC(N)=NCCC[C@H](NC(=O)[C@H](Cc1c[nH]c2ccccc12)NC(=O)[C@@H](N)CCCN=C(N)N)C(=O)NCc1ccccc1. The number of carbonyl (C=O) groups excluding carboxylic acids is 3. The standard InChI is InChI=1S/C30H43N11O3/c31-22(11-6-14-36-29(32)33)26(42)41-25(16-20-18-38-23-12-5-4-10-21(20)23)28(44)40-24(13-7-15-37-30(34)35)27(43)39-17-19-8-2-1-3-9-19/h1-5,8-10,12,18,22,24-25,38H,6-7,11,13-17,31H2,(H,39,43)(H,40,44)(H,41,42)(H4,32,33,36)(H4,34,35,37)/t22-,24-,25-/m0/s1. The predicted molar refractivity (Wildman–Crippen MR) is 172 cm³/mol. The molecule has 0 aliphatic rings. The number of guanidine groups is 2. The maximum absolute atomic E-state index is 13.8. The van der Waals surface area contributed by atoms with Crippen LogP contribution in [0.1, 0.15) is 36.8 Å². The van der Waals surface area contributed by atoms with Crippen molar-refractivity contribution in [3.05, 3.63) is 71.9 Å². The zero-order valence-electron chi connectivity index (χ0n) is 24.7. The third-order valence-corrected chi connectivity index (χ3v) is 6.92. The van der Waals surface area contributed by atoms with Gasteiger partial charge in [-0.15, -0.1) is 0 Å². The van der Waals surface area contributed by atoms with E-state index in [4.69, 9.17) is 28.7 Å². The second-order valence-corrected chi connectivity index (χ2v) is 10.4. The highest BCUT2D eigenvalue weighted by molar-refractivity contribution is 5.94. The lowest BCUT2D eigenvalue weighted by Crippen LogP contribution is -2.56. The molecule has 3 amide bonds. The van der Waals surface area contributed by atoms with Crippen molar-refractivity contribution in [2.24, 2.45) is 38.7 Å². The molecule has 0 bridgehead atoms. The molecule has 14 nitrogen and oxygen atoms in total. The van der Waals surface area contributed by atoms with E-state index < -0.39 is 29.9 Å². The molecular formula is C30H43N11O3. The van der Waals surface area contributed by atoms with Gasteiger partial charge in [0.1, 0.15) is 12.1 Å². The molecule has 1 aromatic heterocycles. The summed E-state index contributed by atoms with van der Waals surface area (Å²) < 4.78 is 0. The van der Waals surface area contributed by atoms with Gasteiger partial charge < -0.3 is 49.6 Å². The molecule has 0 spiro atoms. The number of fused-ring (bicyclic) bond motifs is 1. The summed E-state index contributed by atoms with van der Waals surface area (Å²) in [4.78, 5) is 51.2. The Morgan fingerprint density at radius 3 is 2.05 bits per heavy atom. The van der Waals surface area contributed by atoms with Crippen molar-refractivity contribution >= 4 is 40.5 Å². The van der Waals surface area contributed by atoms with Gasteiger partial charge in [0.05, 0.1) is 6.04 Å². The van der Waals surface area contributed by atoms with E-state index in [0.29, 0.717) is 25.8 Å². The molecule has 3 rings (SSSR count). The van der Waals surface area contributed by atoms with Crippen molar-refractivity contribution in [2.45, 2.75) is 56.8 Å². The Labute approximate surface area is 256 Å². The molecule has 0 unspecified atom stereocenters. The lowest BCUT2D eigenvalue weighted by atomic mass is 10.0. The fourth-order valence-electron chi connectivity index (χ4n) is 4.61. The van der Waals surface area contributed by atoms with E-state index in [0.717, 1.165) is 22.0 Å². The molecule has 14 heteroatoms. The fraction of sp³-hybridized carbons (Fsp3) is 0.367. The number of benzene rings is 2. The molecule has 2 aromatic carbocycles. The van der Waals surface area contributed by atoms with Gasteiger partial charge in [0.2, 0.25) is 17.7 Å². The predicted octanol–water partition coefficient (Wildman–Crippen LogP) is -0.569. The Balaban J connectivity index is 1.77. The van der Waals surface area contributed by atoms with Crippen molar-refractivity contribution in [2.75, 3.05) is 13.1 Å². The molecule has 1 heterocycles. The lowest BCUT2D eigenvalue weighted by Gasteiger charge is -2.24. The molecule has 0 fully saturated rings. The third kappa shape index (κ3) is 10.9. The normalized spacial score (nSPS) is 12.8. The van der Waals surface area contributed by atoms with E-state index in [9.17, 15) is 14.4 Å². The van der Waals surface area contributed by atoms with Crippen LogP contribution in [0, 0.1) is 0 Å². The maximum Gasteiger partial charge on any atom is 0.243 e. The Bertz CT molecular complexity index is 1430. The average Bonchev–Trinajstić information content (AvgIpc) is 3.41. The number of para-hydroxylation sites is 1. The summed E-state index contributed by atoms with van der Waals surface area (Å²) in [5.41, 5.74) is 30.3. The second-order valence-electron chi connectivity index (χ2n) is 10.4. The van der Waals surface area contributed by atoms with E-state index in [-0.39, 0.29) is 43.8 Å². The van der Waals surface area contributed by atoms with E-state index in [2.05, 4.69) is 30.9 Å². The monoisotopic (exact) mass is 605 g/mol. The van der Waals surface area contributed by atoms with Crippen molar-refractivity contribution in [1.29, 1.82) is 0 Å². The largest absolute Gasteiger partial charge is 0.370 e.